The first kappa shape index (κ1) is 14.9. The number of allylic oxidation sites excluding steroid dienone is 6. The Labute approximate surface area is 129 Å². The van der Waals surface area contributed by atoms with E-state index in [1.54, 1.807) is 0 Å². The summed E-state index contributed by atoms with van der Waals surface area (Å²) < 4.78 is 0. The smallest absolute Gasteiger partial charge is 0.122 e. The Morgan fingerprint density at radius 3 is 1.89 bits per heavy atom. The average molecular weight is 348 g/mol. The van der Waals surface area contributed by atoms with Crippen LogP contribution in [0, 0.1) is 0 Å². The van der Waals surface area contributed by atoms with Crippen LogP contribution in [0.25, 0.3) is 0 Å². The molecule has 2 rings (SSSR count). The molecule has 18 heavy (non-hydrogen) atoms. The Bertz CT molecular complexity index is 533. The number of halogens is 3. The molecular weight excluding hydrogens is 335 g/mol. The van der Waals surface area contributed by atoms with Crippen molar-refractivity contribution in [1.82, 2.24) is 0 Å². The topological polar surface area (TPSA) is 0 Å². The Kier molecular flexibility index (Phi) is 4.22. The summed E-state index contributed by atoms with van der Waals surface area (Å²) in [6.07, 6.45) is 0. The lowest BCUT2D eigenvalue weighted by Crippen LogP contribution is -2.20. The van der Waals surface area contributed by atoms with Crippen molar-refractivity contribution in [1.29, 1.82) is 0 Å². The van der Waals surface area contributed by atoms with Gasteiger partial charge in [0.05, 0.1) is 0 Å². The fraction of sp³-hybridized carbons (Fsp3) is 0.333. The fourth-order valence-electron chi connectivity index (χ4n) is 2.07. The minimum absolute atomic E-state index is 0.553. The van der Waals surface area contributed by atoms with Gasteiger partial charge in [0.25, 0.3) is 0 Å². The van der Waals surface area contributed by atoms with E-state index in [2.05, 4.69) is 33.4 Å². The van der Waals surface area contributed by atoms with Crippen LogP contribution in [-0.2, 0) is 0 Å². The predicted octanol–water partition coefficient (Wildman–Crippen LogP) is 4.34. The lowest BCUT2D eigenvalue weighted by Gasteiger charge is -2.12. The quantitative estimate of drug-likeness (QED) is 0.515. The highest BCUT2D eigenvalue weighted by Gasteiger charge is 2.38. The Morgan fingerprint density at radius 1 is 0.889 bits per heavy atom. The molecule has 0 saturated heterocycles. The van der Waals surface area contributed by atoms with Gasteiger partial charge < -0.3 is 0 Å². The molecule has 94 valence electrons. The summed E-state index contributed by atoms with van der Waals surface area (Å²) in [5.74, 6) is 0. The Balaban J connectivity index is 2.38. The van der Waals surface area contributed by atoms with E-state index >= 15 is 0 Å². The second kappa shape index (κ2) is 5.11. The molecule has 0 amide bonds. The molecule has 0 unspecified atom stereocenters. The zero-order valence-corrected chi connectivity index (χ0v) is 16.0. The van der Waals surface area contributed by atoms with Crippen LogP contribution in [0.15, 0.2) is 43.2 Å². The number of hydrogen-bond acceptors (Lipinski definition) is 0. The lowest BCUT2D eigenvalue weighted by atomic mass is 10.1. The second-order valence-corrected chi connectivity index (χ2v) is 15.8. The normalized spacial score (nSPS) is 21.4. The van der Waals surface area contributed by atoms with E-state index in [-0.39, 0.29) is 0 Å². The molecule has 2 aliphatic heterocycles. The second-order valence-electron chi connectivity index (χ2n) is 4.59. The number of rotatable bonds is 2. The van der Waals surface area contributed by atoms with E-state index in [0.717, 1.165) is 14.3 Å². The molecule has 2 heterocycles. The van der Waals surface area contributed by atoms with Crippen LogP contribution < -0.4 is 0 Å². The molecule has 0 saturated carbocycles. The predicted molar refractivity (Wildman–Crippen MR) is 86.7 cm³/mol. The van der Waals surface area contributed by atoms with E-state index in [4.69, 9.17) is 33.2 Å². The van der Waals surface area contributed by atoms with Gasteiger partial charge in [0.15, 0.2) is 0 Å². The minimum atomic E-state index is -2.73. The summed E-state index contributed by atoms with van der Waals surface area (Å²) in [5, 5.41) is 2.89. The molecule has 0 fully saturated rings. The van der Waals surface area contributed by atoms with Gasteiger partial charge in [-0.25, -0.2) is 0 Å². The SMILES string of the molecule is CC1=C[Si]C(C2=C(C)C(C)=C([Si](Cl)(Cl)Cl)[Si]2)=C1C. The average Bonchev–Trinajstić information content (AvgIpc) is 2.72. The van der Waals surface area contributed by atoms with Crippen molar-refractivity contribution >= 4 is 58.3 Å². The first-order valence-corrected chi connectivity index (χ1v) is 12.8. The van der Waals surface area contributed by atoms with Crippen LogP contribution in [-0.4, -0.2) is 25.0 Å². The highest BCUT2D eigenvalue weighted by atomic mass is 35.8. The van der Waals surface area contributed by atoms with Crippen LogP contribution in [0.1, 0.15) is 27.7 Å². The molecule has 0 aliphatic carbocycles. The summed E-state index contributed by atoms with van der Waals surface area (Å²) in [6.45, 7) is 8.63. The van der Waals surface area contributed by atoms with Crippen molar-refractivity contribution in [3.8, 4) is 0 Å². The van der Waals surface area contributed by atoms with Crippen LogP contribution in [0.4, 0.5) is 0 Å². The van der Waals surface area contributed by atoms with Crippen LogP contribution in [0.5, 0.6) is 0 Å². The standard InChI is InChI=1S/C12H13Cl3Si3/c1-6-5-16-10(7(6)2)11-8(3)9(4)12(17-11)18(13,14)15/h5H,1-4H3. The summed E-state index contributed by atoms with van der Waals surface area (Å²) in [6, 6.07) is -2.73. The highest BCUT2D eigenvalue weighted by molar-refractivity contribution is 7.69. The van der Waals surface area contributed by atoms with E-state index in [0.29, 0.717) is 9.52 Å². The zero-order valence-electron chi connectivity index (χ0n) is 10.7. The van der Waals surface area contributed by atoms with Gasteiger partial charge >= 0.3 is 6.00 Å². The van der Waals surface area contributed by atoms with Crippen molar-refractivity contribution in [2.24, 2.45) is 0 Å². The molecular formula is C12H13Cl3Si3. The molecule has 6 heteroatoms. The summed E-state index contributed by atoms with van der Waals surface area (Å²) in [5.41, 5.74) is 7.66. The van der Waals surface area contributed by atoms with Gasteiger partial charge in [-0.1, -0.05) is 27.2 Å². The molecule has 0 aromatic rings. The molecule has 0 spiro atoms. The summed E-state index contributed by atoms with van der Waals surface area (Å²) in [4.78, 5) is 1.09. The van der Waals surface area contributed by atoms with E-state index < -0.39 is 6.00 Å². The molecule has 0 bridgehead atoms. The molecule has 4 radical (unpaired) electrons. The monoisotopic (exact) mass is 346 g/mol. The van der Waals surface area contributed by atoms with Gasteiger partial charge in [0, 0.05) is 0 Å². The fourth-order valence-corrected chi connectivity index (χ4v) is 9.22. The molecule has 2 aliphatic rings. The van der Waals surface area contributed by atoms with Gasteiger partial charge in [-0.2, -0.15) is 0 Å². The lowest BCUT2D eigenvalue weighted by molar-refractivity contribution is 1.32. The van der Waals surface area contributed by atoms with E-state index in [1.165, 1.54) is 32.7 Å². The van der Waals surface area contributed by atoms with Gasteiger partial charge in [0.1, 0.15) is 19.0 Å². The molecule has 0 nitrogen and oxygen atoms in total. The first-order chi connectivity index (χ1) is 8.23. The maximum atomic E-state index is 6.20. The van der Waals surface area contributed by atoms with Crippen molar-refractivity contribution in [2.75, 3.05) is 0 Å². The van der Waals surface area contributed by atoms with Gasteiger partial charge in [0.2, 0.25) is 0 Å². The molecule has 0 aromatic heterocycles. The maximum Gasteiger partial charge on any atom is 0.365 e. The molecule has 0 atom stereocenters. The van der Waals surface area contributed by atoms with Crippen molar-refractivity contribution in [3.05, 3.63) is 43.2 Å². The van der Waals surface area contributed by atoms with Crippen LogP contribution in [0.2, 0.25) is 0 Å². The van der Waals surface area contributed by atoms with Crippen molar-refractivity contribution in [3.63, 3.8) is 0 Å². The zero-order chi connectivity index (χ0) is 13.7. The largest absolute Gasteiger partial charge is 0.365 e. The van der Waals surface area contributed by atoms with E-state index in [1.807, 2.05) is 0 Å². The van der Waals surface area contributed by atoms with Crippen LogP contribution >= 0.6 is 33.2 Å². The van der Waals surface area contributed by atoms with Crippen molar-refractivity contribution < 1.29 is 0 Å². The third kappa shape index (κ3) is 2.53. The third-order valence-electron chi connectivity index (χ3n) is 3.50. The maximum absolute atomic E-state index is 6.20. The minimum Gasteiger partial charge on any atom is -0.122 e. The first-order valence-electron chi connectivity index (χ1n) is 5.64. The summed E-state index contributed by atoms with van der Waals surface area (Å²) >= 11 is 18.6. The van der Waals surface area contributed by atoms with Gasteiger partial charge in [-0.3, -0.25) is 0 Å². The molecule has 0 aromatic carbocycles. The summed E-state index contributed by atoms with van der Waals surface area (Å²) in [7, 11) is 1.32. The van der Waals surface area contributed by atoms with Crippen LogP contribution in [0.3, 0.4) is 0 Å². The van der Waals surface area contributed by atoms with Gasteiger partial charge in [-0.05, 0) is 43.7 Å². The number of hydrogen-bond donors (Lipinski definition) is 0. The van der Waals surface area contributed by atoms with Crippen molar-refractivity contribution in [2.45, 2.75) is 27.7 Å². The molecule has 0 N–H and O–H groups in total. The Hall–Kier alpha value is 0.481. The third-order valence-corrected chi connectivity index (χ3v) is 12.3. The van der Waals surface area contributed by atoms with Gasteiger partial charge in [-0.15, -0.1) is 33.2 Å². The highest BCUT2D eigenvalue weighted by Crippen LogP contribution is 2.41. The van der Waals surface area contributed by atoms with E-state index in [9.17, 15) is 0 Å². The Morgan fingerprint density at radius 2 is 1.50 bits per heavy atom.